The van der Waals surface area contributed by atoms with Crippen molar-refractivity contribution >= 4 is 27.7 Å². The van der Waals surface area contributed by atoms with Gasteiger partial charge in [-0.25, -0.2) is 12.7 Å². The molecule has 7 nitrogen and oxygen atoms in total. The molecule has 0 bridgehead atoms. The van der Waals surface area contributed by atoms with Crippen molar-refractivity contribution in [2.24, 2.45) is 10.9 Å². The molecule has 2 fully saturated rings. The van der Waals surface area contributed by atoms with Crippen LogP contribution >= 0.6 is 11.8 Å². The standard InChI is InChI=1S/C18H36N4O3S2/c1-3-25-17(16-6-4-5-7-16)8-9-20-18(19-2)21-10-15-27(23,24)22-11-13-26-14-12-22/h16-17H,3-15H2,1-2H3,(H2,19,20,21). The maximum atomic E-state index is 12.4. The van der Waals surface area contributed by atoms with Crippen LogP contribution in [0.1, 0.15) is 39.0 Å². The first-order chi connectivity index (χ1) is 13.1. The zero-order valence-electron chi connectivity index (χ0n) is 16.8. The Kier molecular flexibility index (Phi) is 10.2. The molecule has 0 amide bonds. The van der Waals surface area contributed by atoms with Crippen molar-refractivity contribution in [3.05, 3.63) is 0 Å². The molecule has 1 aliphatic carbocycles. The van der Waals surface area contributed by atoms with Crippen molar-refractivity contribution in [1.82, 2.24) is 14.9 Å². The summed E-state index contributed by atoms with van der Waals surface area (Å²) in [5.41, 5.74) is 0. The molecule has 1 saturated carbocycles. The number of nitrogens with one attached hydrogen (secondary N) is 2. The molecule has 158 valence electrons. The number of guanidine groups is 1. The molecule has 9 heteroatoms. The van der Waals surface area contributed by atoms with Gasteiger partial charge in [0.15, 0.2) is 5.96 Å². The van der Waals surface area contributed by atoms with Gasteiger partial charge >= 0.3 is 0 Å². The molecule has 1 atom stereocenters. The van der Waals surface area contributed by atoms with Gasteiger partial charge in [-0.3, -0.25) is 4.99 Å². The lowest BCUT2D eigenvalue weighted by Crippen LogP contribution is -2.44. The summed E-state index contributed by atoms with van der Waals surface area (Å²) < 4.78 is 32.3. The first-order valence-corrected chi connectivity index (χ1v) is 12.9. The zero-order chi connectivity index (χ0) is 19.5. The van der Waals surface area contributed by atoms with Crippen LogP contribution in [0.25, 0.3) is 0 Å². The predicted molar refractivity (Wildman–Crippen MR) is 114 cm³/mol. The minimum atomic E-state index is -3.18. The smallest absolute Gasteiger partial charge is 0.215 e. The first-order valence-electron chi connectivity index (χ1n) is 10.2. The molecule has 1 saturated heterocycles. The second-order valence-electron chi connectivity index (χ2n) is 7.08. The minimum Gasteiger partial charge on any atom is -0.378 e. The average molecular weight is 421 g/mol. The number of rotatable bonds is 10. The van der Waals surface area contributed by atoms with Crippen LogP contribution in [0.2, 0.25) is 0 Å². The Morgan fingerprint density at radius 1 is 1.22 bits per heavy atom. The van der Waals surface area contributed by atoms with E-state index in [0.29, 0.717) is 37.6 Å². The maximum Gasteiger partial charge on any atom is 0.215 e. The third-order valence-corrected chi connectivity index (χ3v) is 8.08. The highest BCUT2D eigenvalue weighted by molar-refractivity contribution is 7.99. The SMILES string of the molecule is CCOC(CCNC(=NC)NCCS(=O)(=O)N1CCSCC1)C1CCCC1. The fraction of sp³-hybridized carbons (Fsp3) is 0.944. The lowest BCUT2D eigenvalue weighted by atomic mass is 9.98. The molecule has 0 aromatic carbocycles. The topological polar surface area (TPSA) is 83.0 Å². The number of hydrogen-bond donors (Lipinski definition) is 2. The Morgan fingerprint density at radius 2 is 1.89 bits per heavy atom. The highest BCUT2D eigenvalue weighted by Gasteiger charge is 2.25. The van der Waals surface area contributed by atoms with E-state index >= 15 is 0 Å². The van der Waals surface area contributed by atoms with Gasteiger partial charge in [0.1, 0.15) is 0 Å². The summed E-state index contributed by atoms with van der Waals surface area (Å²) in [4.78, 5) is 4.20. The third-order valence-electron chi connectivity index (χ3n) is 5.27. The molecule has 0 aromatic heterocycles. The summed E-state index contributed by atoms with van der Waals surface area (Å²) in [6.07, 6.45) is 6.42. The second-order valence-corrected chi connectivity index (χ2v) is 10.4. The third kappa shape index (κ3) is 7.79. The van der Waals surface area contributed by atoms with E-state index < -0.39 is 10.0 Å². The van der Waals surface area contributed by atoms with Crippen LogP contribution in [-0.4, -0.2) is 81.9 Å². The summed E-state index contributed by atoms with van der Waals surface area (Å²) in [5.74, 6) is 3.20. The molecule has 2 aliphatic rings. The highest BCUT2D eigenvalue weighted by atomic mass is 32.2. The fourth-order valence-corrected chi connectivity index (χ4v) is 6.30. The van der Waals surface area contributed by atoms with Crippen LogP contribution in [0.4, 0.5) is 0 Å². The van der Waals surface area contributed by atoms with Crippen LogP contribution in [0, 0.1) is 5.92 Å². The van der Waals surface area contributed by atoms with Crippen molar-refractivity contribution in [2.45, 2.75) is 45.1 Å². The van der Waals surface area contributed by atoms with Gasteiger partial charge in [-0.1, -0.05) is 12.8 Å². The molecule has 0 aromatic rings. The van der Waals surface area contributed by atoms with Gasteiger partial charge in [0.2, 0.25) is 10.0 Å². The van der Waals surface area contributed by atoms with Gasteiger partial charge in [-0.15, -0.1) is 0 Å². The summed E-state index contributed by atoms with van der Waals surface area (Å²) in [6.45, 7) is 5.19. The van der Waals surface area contributed by atoms with Crippen molar-refractivity contribution < 1.29 is 13.2 Å². The quantitative estimate of drug-likeness (QED) is 0.412. The monoisotopic (exact) mass is 420 g/mol. The molecule has 1 aliphatic heterocycles. The van der Waals surface area contributed by atoms with E-state index in [-0.39, 0.29) is 5.75 Å². The lowest BCUT2D eigenvalue weighted by molar-refractivity contribution is 0.0169. The van der Waals surface area contributed by atoms with Crippen LogP contribution in [-0.2, 0) is 14.8 Å². The van der Waals surface area contributed by atoms with Crippen molar-refractivity contribution in [2.75, 3.05) is 57.1 Å². The van der Waals surface area contributed by atoms with Crippen LogP contribution in [0.15, 0.2) is 4.99 Å². The fourth-order valence-electron chi connectivity index (χ4n) is 3.80. The van der Waals surface area contributed by atoms with Crippen molar-refractivity contribution in [1.29, 1.82) is 0 Å². The lowest BCUT2D eigenvalue weighted by Gasteiger charge is -2.26. The molecule has 2 rings (SSSR count). The van der Waals surface area contributed by atoms with Crippen LogP contribution in [0.3, 0.4) is 0 Å². The van der Waals surface area contributed by atoms with E-state index in [2.05, 4.69) is 22.5 Å². The predicted octanol–water partition coefficient (Wildman–Crippen LogP) is 1.52. The van der Waals surface area contributed by atoms with Crippen molar-refractivity contribution in [3.8, 4) is 0 Å². The Morgan fingerprint density at radius 3 is 2.52 bits per heavy atom. The molecule has 27 heavy (non-hydrogen) atoms. The van der Waals surface area contributed by atoms with E-state index in [1.54, 1.807) is 11.4 Å². The number of nitrogens with zero attached hydrogens (tertiary/aromatic N) is 2. The van der Waals surface area contributed by atoms with Gasteiger partial charge in [0, 0.05) is 51.3 Å². The van der Waals surface area contributed by atoms with Gasteiger partial charge in [-0.2, -0.15) is 11.8 Å². The van der Waals surface area contributed by atoms with E-state index in [1.807, 2.05) is 11.8 Å². The van der Waals surface area contributed by atoms with E-state index in [4.69, 9.17) is 4.74 Å². The Balaban J connectivity index is 1.68. The molecular formula is C18H36N4O3S2. The number of hydrogen-bond acceptors (Lipinski definition) is 5. The van der Waals surface area contributed by atoms with E-state index in [0.717, 1.165) is 31.1 Å². The van der Waals surface area contributed by atoms with E-state index in [1.165, 1.54) is 25.7 Å². The zero-order valence-corrected chi connectivity index (χ0v) is 18.4. The number of thioether (sulfide) groups is 1. The first kappa shape index (κ1) is 22.8. The van der Waals surface area contributed by atoms with E-state index in [9.17, 15) is 8.42 Å². The van der Waals surface area contributed by atoms with Gasteiger partial charge in [-0.05, 0) is 32.1 Å². The maximum absolute atomic E-state index is 12.4. The normalized spacial score (nSPS) is 21.3. The van der Waals surface area contributed by atoms with Crippen molar-refractivity contribution in [3.63, 3.8) is 0 Å². The Labute approximate surface area is 169 Å². The average Bonchev–Trinajstić information content (AvgIpc) is 3.21. The summed E-state index contributed by atoms with van der Waals surface area (Å²) in [6, 6.07) is 0. The molecule has 0 radical (unpaired) electrons. The molecule has 1 unspecified atom stereocenters. The minimum absolute atomic E-state index is 0.0992. The molecular weight excluding hydrogens is 384 g/mol. The van der Waals surface area contributed by atoms with Gasteiger partial charge < -0.3 is 15.4 Å². The second kappa shape index (κ2) is 12.1. The highest BCUT2D eigenvalue weighted by Crippen LogP contribution is 2.30. The Hall–Kier alpha value is -0.510. The summed E-state index contributed by atoms with van der Waals surface area (Å²) in [5, 5.41) is 6.42. The molecule has 0 spiro atoms. The largest absolute Gasteiger partial charge is 0.378 e. The Bertz CT molecular complexity index is 545. The number of sulfonamides is 1. The molecule has 2 N–H and O–H groups in total. The van der Waals surface area contributed by atoms with Crippen LogP contribution in [0.5, 0.6) is 0 Å². The summed E-state index contributed by atoms with van der Waals surface area (Å²) in [7, 11) is -1.47. The van der Waals surface area contributed by atoms with Gasteiger partial charge in [0.05, 0.1) is 11.9 Å². The van der Waals surface area contributed by atoms with Gasteiger partial charge in [0.25, 0.3) is 0 Å². The van der Waals surface area contributed by atoms with Crippen LogP contribution < -0.4 is 10.6 Å². The number of aliphatic imine (C=N–C) groups is 1. The molecule has 1 heterocycles. The number of ether oxygens (including phenoxy) is 1. The summed E-state index contributed by atoms with van der Waals surface area (Å²) >= 11 is 1.81.